The molecule has 1 unspecified atom stereocenters. The predicted octanol–water partition coefficient (Wildman–Crippen LogP) is 2.61. The third-order valence-electron chi connectivity index (χ3n) is 4.31. The third-order valence-corrected chi connectivity index (χ3v) is 4.31. The minimum Gasteiger partial charge on any atom is -0.479 e. The van der Waals surface area contributed by atoms with Crippen molar-refractivity contribution in [2.75, 3.05) is 6.54 Å². The normalized spacial score (nSPS) is 21.5. The highest BCUT2D eigenvalue weighted by Crippen LogP contribution is 2.33. The second-order valence-corrected chi connectivity index (χ2v) is 5.47. The van der Waals surface area contributed by atoms with Crippen LogP contribution in [0, 0.1) is 5.82 Å². The summed E-state index contributed by atoms with van der Waals surface area (Å²) in [4.78, 5) is 25.4. The number of hydrogen-bond acceptors (Lipinski definition) is 2. The molecule has 4 nitrogen and oxygen atoms in total. The lowest BCUT2D eigenvalue weighted by Gasteiger charge is -2.34. The van der Waals surface area contributed by atoms with E-state index in [1.54, 1.807) is 19.1 Å². The molecule has 2 rings (SSSR count). The van der Waals surface area contributed by atoms with Gasteiger partial charge in [0.15, 0.2) is 0 Å². The summed E-state index contributed by atoms with van der Waals surface area (Å²) >= 11 is 0. The van der Waals surface area contributed by atoms with Crippen molar-refractivity contribution in [2.45, 2.75) is 44.6 Å². The van der Waals surface area contributed by atoms with Gasteiger partial charge in [0.05, 0.1) is 0 Å². The van der Waals surface area contributed by atoms with E-state index in [1.165, 1.54) is 17.0 Å². The summed E-state index contributed by atoms with van der Waals surface area (Å²) in [7, 11) is 0. The van der Waals surface area contributed by atoms with Crippen LogP contribution >= 0.6 is 0 Å². The van der Waals surface area contributed by atoms with Gasteiger partial charge in [-0.25, -0.2) is 9.18 Å². The SMILES string of the molecule is CCC1(C(=O)O)CCCN1C(=O)CCc1ccc(F)cc1. The fourth-order valence-corrected chi connectivity index (χ4v) is 3.02. The highest BCUT2D eigenvalue weighted by atomic mass is 19.1. The molecule has 1 aromatic carbocycles. The van der Waals surface area contributed by atoms with E-state index in [-0.39, 0.29) is 18.1 Å². The Bertz CT molecular complexity index is 529. The first kappa shape index (κ1) is 15.5. The van der Waals surface area contributed by atoms with E-state index in [9.17, 15) is 19.1 Å². The van der Waals surface area contributed by atoms with E-state index in [2.05, 4.69) is 0 Å². The van der Waals surface area contributed by atoms with Crippen LogP contribution in [0.5, 0.6) is 0 Å². The fraction of sp³-hybridized carbons (Fsp3) is 0.500. The van der Waals surface area contributed by atoms with Gasteiger partial charge < -0.3 is 10.0 Å². The van der Waals surface area contributed by atoms with Crippen molar-refractivity contribution in [2.24, 2.45) is 0 Å². The number of nitrogens with zero attached hydrogens (tertiary/aromatic N) is 1. The maximum absolute atomic E-state index is 12.8. The Hall–Kier alpha value is -1.91. The Kier molecular flexibility index (Phi) is 4.60. The molecule has 5 heteroatoms. The number of benzene rings is 1. The topological polar surface area (TPSA) is 57.6 Å². The van der Waals surface area contributed by atoms with Gasteiger partial charge in [0.2, 0.25) is 5.91 Å². The molecule has 0 aliphatic carbocycles. The van der Waals surface area contributed by atoms with Gasteiger partial charge in [0, 0.05) is 13.0 Å². The van der Waals surface area contributed by atoms with Gasteiger partial charge in [-0.15, -0.1) is 0 Å². The summed E-state index contributed by atoms with van der Waals surface area (Å²) in [6.45, 7) is 2.31. The number of hydrogen-bond donors (Lipinski definition) is 1. The van der Waals surface area contributed by atoms with E-state index in [4.69, 9.17) is 0 Å². The van der Waals surface area contributed by atoms with E-state index < -0.39 is 11.5 Å². The first-order valence-electron chi connectivity index (χ1n) is 7.28. The Morgan fingerprint density at radius 1 is 1.33 bits per heavy atom. The third kappa shape index (κ3) is 3.06. The molecule has 0 aromatic heterocycles. The monoisotopic (exact) mass is 293 g/mol. The van der Waals surface area contributed by atoms with Crippen molar-refractivity contribution in [1.29, 1.82) is 0 Å². The van der Waals surface area contributed by atoms with Crippen LogP contribution in [0.3, 0.4) is 0 Å². The number of aliphatic carboxylic acids is 1. The molecule has 0 saturated carbocycles. The Labute approximate surface area is 123 Å². The van der Waals surface area contributed by atoms with Gasteiger partial charge in [-0.3, -0.25) is 4.79 Å². The molecule has 1 saturated heterocycles. The van der Waals surface area contributed by atoms with Gasteiger partial charge in [-0.2, -0.15) is 0 Å². The number of halogens is 1. The molecule has 21 heavy (non-hydrogen) atoms. The predicted molar refractivity (Wildman–Crippen MR) is 76.3 cm³/mol. The summed E-state index contributed by atoms with van der Waals surface area (Å²) in [5, 5.41) is 9.46. The first-order valence-corrected chi connectivity index (χ1v) is 7.28. The van der Waals surface area contributed by atoms with E-state index in [0.717, 1.165) is 12.0 Å². The number of carbonyl (C=O) groups is 2. The van der Waals surface area contributed by atoms with Gasteiger partial charge in [0.1, 0.15) is 11.4 Å². The van der Waals surface area contributed by atoms with Crippen molar-refractivity contribution in [3.8, 4) is 0 Å². The quantitative estimate of drug-likeness (QED) is 0.908. The Morgan fingerprint density at radius 3 is 2.57 bits per heavy atom. The summed E-state index contributed by atoms with van der Waals surface area (Å²) in [6, 6.07) is 6.03. The molecule has 1 atom stereocenters. The average Bonchev–Trinajstić information content (AvgIpc) is 2.91. The zero-order valence-electron chi connectivity index (χ0n) is 12.1. The van der Waals surface area contributed by atoms with Crippen LogP contribution in [0.2, 0.25) is 0 Å². The van der Waals surface area contributed by atoms with Crippen LogP contribution < -0.4 is 0 Å². The van der Waals surface area contributed by atoms with Crippen LogP contribution in [0.1, 0.15) is 38.2 Å². The molecule has 1 fully saturated rings. The number of carboxylic acids is 1. The molecule has 0 bridgehead atoms. The molecule has 1 heterocycles. The van der Waals surface area contributed by atoms with Crippen LogP contribution in [-0.4, -0.2) is 34.0 Å². The molecule has 1 N–H and O–H groups in total. The summed E-state index contributed by atoms with van der Waals surface area (Å²) in [6.07, 6.45) is 2.41. The van der Waals surface area contributed by atoms with Crippen LogP contribution in [-0.2, 0) is 16.0 Å². The molecule has 1 amide bonds. The number of likely N-dealkylation sites (tertiary alicyclic amines) is 1. The van der Waals surface area contributed by atoms with E-state index >= 15 is 0 Å². The second kappa shape index (κ2) is 6.24. The summed E-state index contributed by atoms with van der Waals surface area (Å²) in [5.74, 6) is -1.36. The smallest absolute Gasteiger partial charge is 0.329 e. The largest absolute Gasteiger partial charge is 0.479 e. The maximum Gasteiger partial charge on any atom is 0.329 e. The lowest BCUT2D eigenvalue weighted by Crippen LogP contribution is -2.52. The van der Waals surface area contributed by atoms with Crippen molar-refractivity contribution >= 4 is 11.9 Å². The van der Waals surface area contributed by atoms with Gasteiger partial charge in [-0.1, -0.05) is 19.1 Å². The summed E-state index contributed by atoms with van der Waals surface area (Å²) in [5.41, 5.74) is -0.166. The molecule has 1 aliphatic rings. The lowest BCUT2D eigenvalue weighted by molar-refractivity contribution is -0.156. The average molecular weight is 293 g/mol. The highest BCUT2D eigenvalue weighted by molar-refractivity contribution is 5.87. The second-order valence-electron chi connectivity index (χ2n) is 5.47. The minimum absolute atomic E-state index is 0.138. The van der Waals surface area contributed by atoms with Gasteiger partial charge >= 0.3 is 5.97 Å². The zero-order valence-corrected chi connectivity index (χ0v) is 12.1. The van der Waals surface area contributed by atoms with Crippen molar-refractivity contribution in [1.82, 2.24) is 4.90 Å². The Balaban J connectivity index is 2.02. The molecular formula is C16H20FNO3. The first-order chi connectivity index (χ1) is 9.99. The molecule has 114 valence electrons. The standard InChI is InChI=1S/C16H20FNO3/c1-2-16(15(20)21)10-3-11-18(16)14(19)9-6-12-4-7-13(17)8-5-12/h4-5,7-8H,2-3,6,9-11H2,1H3,(H,20,21). The number of carbonyl (C=O) groups excluding carboxylic acids is 1. The van der Waals surface area contributed by atoms with E-state index in [1.807, 2.05) is 0 Å². The zero-order chi connectivity index (χ0) is 15.5. The molecule has 1 aliphatic heterocycles. The molecular weight excluding hydrogens is 273 g/mol. The molecule has 1 aromatic rings. The number of rotatable bonds is 5. The summed E-state index contributed by atoms with van der Waals surface area (Å²) < 4.78 is 12.8. The van der Waals surface area contributed by atoms with Crippen molar-refractivity contribution in [3.05, 3.63) is 35.6 Å². The number of amides is 1. The Morgan fingerprint density at radius 2 is 2.00 bits per heavy atom. The van der Waals surface area contributed by atoms with Crippen molar-refractivity contribution in [3.63, 3.8) is 0 Å². The van der Waals surface area contributed by atoms with E-state index in [0.29, 0.717) is 25.8 Å². The number of carboxylic acid groups (broad SMARTS) is 1. The number of aryl methyl sites for hydroxylation is 1. The highest BCUT2D eigenvalue weighted by Gasteiger charge is 2.48. The van der Waals surface area contributed by atoms with Crippen LogP contribution in [0.15, 0.2) is 24.3 Å². The minimum atomic E-state index is -1.04. The van der Waals surface area contributed by atoms with Crippen LogP contribution in [0.4, 0.5) is 4.39 Å². The van der Waals surface area contributed by atoms with Gasteiger partial charge in [-0.05, 0) is 43.4 Å². The van der Waals surface area contributed by atoms with Gasteiger partial charge in [0.25, 0.3) is 0 Å². The lowest BCUT2D eigenvalue weighted by atomic mass is 9.92. The molecule has 0 radical (unpaired) electrons. The van der Waals surface area contributed by atoms with Crippen LogP contribution in [0.25, 0.3) is 0 Å². The van der Waals surface area contributed by atoms with Crippen molar-refractivity contribution < 1.29 is 19.1 Å². The fourth-order valence-electron chi connectivity index (χ4n) is 3.02. The maximum atomic E-state index is 12.8. The molecule has 0 spiro atoms.